The second kappa shape index (κ2) is 5.98. The van der Waals surface area contributed by atoms with Crippen molar-refractivity contribution in [2.24, 2.45) is 5.10 Å². The van der Waals surface area contributed by atoms with Gasteiger partial charge in [-0.25, -0.2) is 5.43 Å². The molecule has 4 nitrogen and oxygen atoms in total. The molecule has 6 heteroatoms. The number of nitrogens with zero attached hydrogens (tertiary/aromatic N) is 1. The maximum absolute atomic E-state index is 12.0. The number of carbonyl (C=O) groups is 1. The monoisotopic (exact) mass is 339 g/mol. The molecular weight excluding hydrogens is 326 g/mol. The second-order valence-electron chi connectivity index (χ2n) is 5.13. The molecule has 0 bridgehead atoms. The maximum atomic E-state index is 12.0. The van der Waals surface area contributed by atoms with Gasteiger partial charge >= 0.3 is 0 Å². The number of aromatic nitrogens is 1. The predicted octanol–water partition coefficient (Wildman–Crippen LogP) is 4.14. The van der Waals surface area contributed by atoms with Crippen LogP contribution in [0.5, 0.6) is 0 Å². The van der Waals surface area contributed by atoms with Crippen LogP contribution in [0.1, 0.15) is 10.4 Å². The third-order valence-electron chi connectivity index (χ3n) is 3.57. The molecule has 0 spiro atoms. The average molecular weight is 339 g/mol. The molecule has 4 rings (SSSR count). The van der Waals surface area contributed by atoms with E-state index in [-0.39, 0.29) is 5.91 Å². The van der Waals surface area contributed by atoms with Crippen molar-refractivity contribution in [1.29, 1.82) is 0 Å². The fourth-order valence-electron chi connectivity index (χ4n) is 2.51. The van der Waals surface area contributed by atoms with Crippen LogP contribution in [-0.2, 0) is 11.2 Å². The van der Waals surface area contributed by atoms with Crippen molar-refractivity contribution >= 4 is 55.1 Å². The number of amides is 1. The third kappa shape index (κ3) is 2.91. The summed E-state index contributed by atoms with van der Waals surface area (Å²) < 4.78 is 2.50. The lowest BCUT2D eigenvalue weighted by Crippen LogP contribution is -2.19. The van der Waals surface area contributed by atoms with Crippen LogP contribution in [0.4, 0.5) is 0 Å². The lowest BCUT2D eigenvalue weighted by atomic mass is 10.1. The minimum Gasteiger partial charge on any atom is -0.361 e. The van der Waals surface area contributed by atoms with E-state index in [2.05, 4.69) is 33.0 Å². The number of rotatable bonds is 4. The van der Waals surface area contributed by atoms with Crippen LogP contribution in [0.25, 0.3) is 20.3 Å². The third-order valence-corrected chi connectivity index (χ3v) is 5.59. The first-order valence-corrected chi connectivity index (χ1v) is 8.83. The van der Waals surface area contributed by atoms with E-state index in [1.54, 1.807) is 28.9 Å². The summed E-state index contributed by atoms with van der Waals surface area (Å²) in [5.74, 6) is -0.121. The van der Waals surface area contributed by atoms with E-state index in [1.807, 2.05) is 30.5 Å². The fourth-order valence-corrected chi connectivity index (χ4v) is 4.50. The number of thiophene rings is 2. The molecule has 0 radical (unpaired) electrons. The summed E-state index contributed by atoms with van der Waals surface area (Å²) in [4.78, 5) is 16.2. The summed E-state index contributed by atoms with van der Waals surface area (Å²) in [5.41, 5.74) is 4.61. The van der Waals surface area contributed by atoms with E-state index in [9.17, 15) is 4.79 Å². The largest absolute Gasteiger partial charge is 0.361 e. The number of fused-ring (bicyclic) bond motifs is 2. The van der Waals surface area contributed by atoms with Crippen LogP contribution in [0.15, 0.2) is 53.1 Å². The molecule has 0 aliphatic heterocycles. The summed E-state index contributed by atoms with van der Waals surface area (Å²) in [7, 11) is 0. The highest BCUT2D eigenvalue weighted by molar-refractivity contribution is 7.27. The highest BCUT2D eigenvalue weighted by Crippen LogP contribution is 2.28. The molecule has 0 fully saturated rings. The average Bonchev–Trinajstić information content (AvgIpc) is 3.22. The molecule has 4 aromatic rings. The van der Waals surface area contributed by atoms with Gasteiger partial charge in [0.1, 0.15) is 0 Å². The maximum Gasteiger partial charge on any atom is 0.244 e. The van der Waals surface area contributed by atoms with Gasteiger partial charge in [-0.3, -0.25) is 4.79 Å². The molecule has 3 heterocycles. The Bertz CT molecular complexity index is 981. The molecule has 0 aliphatic carbocycles. The molecule has 1 aromatic carbocycles. The van der Waals surface area contributed by atoms with Gasteiger partial charge in [-0.2, -0.15) is 5.10 Å². The number of hydrogen-bond donors (Lipinski definition) is 2. The number of benzene rings is 1. The Balaban J connectivity index is 1.41. The first-order valence-electron chi connectivity index (χ1n) is 7.13. The van der Waals surface area contributed by atoms with Crippen molar-refractivity contribution in [3.63, 3.8) is 0 Å². The van der Waals surface area contributed by atoms with E-state index >= 15 is 0 Å². The molecule has 0 aliphatic rings. The van der Waals surface area contributed by atoms with Crippen LogP contribution < -0.4 is 5.43 Å². The molecule has 0 atom stereocenters. The Kier molecular flexibility index (Phi) is 3.69. The van der Waals surface area contributed by atoms with Gasteiger partial charge in [0.25, 0.3) is 0 Å². The number of H-pyrrole nitrogens is 1. The van der Waals surface area contributed by atoms with E-state index in [1.165, 1.54) is 9.40 Å². The van der Waals surface area contributed by atoms with Gasteiger partial charge in [0.05, 0.1) is 12.6 Å². The molecule has 1 amide bonds. The molecule has 114 valence electrons. The SMILES string of the molecule is O=C(Cc1c[nH]c2ccccc12)N/N=C\c1cc2sccc2s1. The Morgan fingerprint density at radius 3 is 3.09 bits per heavy atom. The van der Waals surface area contributed by atoms with E-state index in [0.717, 1.165) is 21.3 Å². The molecule has 0 unspecified atom stereocenters. The van der Waals surface area contributed by atoms with Crippen molar-refractivity contribution in [2.75, 3.05) is 0 Å². The molecule has 0 saturated carbocycles. The molecular formula is C17H13N3OS2. The minimum absolute atomic E-state index is 0.121. The van der Waals surface area contributed by atoms with Crippen LogP contribution >= 0.6 is 22.7 Å². The van der Waals surface area contributed by atoms with Gasteiger partial charge in [-0.15, -0.1) is 22.7 Å². The summed E-state index contributed by atoms with van der Waals surface area (Å²) in [6.07, 6.45) is 3.88. The summed E-state index contributed by atoms with van der Waals surface area (Å²) in [5, 5.41) is 7.21. The van der Waals surface area contributed by atoms with Gasteiger partial charge in [0, 0.05) is 31.4 Å². The number of hydrazone groups is 1. The first-order chi connectivity index (χ1) is 11.3. The van der Waals surface area contributed by atoms with E-state index in [4.69, 9.17) is 0 Å². The van der Waals surface area contributed by atoms with E-state index in [0.29, 0.717) is 6.42 Å². The van der Waals surface area contributed by atoms with Crippen molar-refractivity contribution in [1.82, 2.24) is 10.4 Å². The summed E-state index contributed by atoms with van der Waals surface area (Å²) in [6.45, 7) is 0. The quantitative estimate of drug-likeness (QED) is 0.426. The molecule has 0 saturated heterocycles. The zero-order chi connectivity index (χ0) is 15.6. The Hall–Kier alpha value is -2.44. The smallest absolute Gasteiger partial charge is 0.244 e. The zero-order valence-electron chi connectivity index (χ0n) is 12.1. The number of hydrogen-bond acceptors (Lipinski definition) is 4. The highest BCUT2D eigenvalue weighted by atomic mass is 32.1. The Morgan fingerprint density at radius 2 is 2.17 bits per heavy atom. The lowest BCUT2D eigenvalue weighted by Gasteiger charge is -1.98. The number of aromatic amines is 1. The standard InChI is InChI=1S/C17H13N3OS2/c21-17(7-11-9-18-14-4-2-1-3-13(11)14)20-19-10-12-8-16-15(23-12)5-6-22-16/h1-6,8-10,18H,7H2,(H,20,21)/b19-10-. The van der Waals surface area contributed by atoms with Gasteiger partial charge in [-0.1, -0.05) is 18.2 Å². The van der Waals surface area contributed by atoms with Gasteiger partial charge in [0.2, 0.25) is 5.91 Å². The number of para-hydroxylation sites is 1. The van der Waals surface area contributed by atoms with Gasteiger partial charge in [-0.05, 0) is 29.1 Å². The zero-order valence-corrected chi connectivity index (χ0v) is 13.7. The minimum atomic E-state index is -0.121. The van der Waals surface area contributed by atoms with Crippen molar-refractivity contribution < 1.29 is 4.79 Å². The molecule has 23 heavy (non-hydrogen) atoms. The lowest BCUT2D eigenvalue weighted by molar-refractivity contribution is -0.120. The van der Waals surface area contributed by atoms with Gasteiger partial charge < -0.3 is 4.98 Å². The van der Waals surface area contributed by atoms with Crippen molar-refractivity contribution in [2.45, 2.75) is 6.42 Å². The van der Waals surface area contributed by atoms with Gasteiger partial charge in [0.15, 0.2) is 0 Å². The first kappa shape index (κ1) is 14.2. The van der Waals surface area contributed by atoms with Crippen LogP contribution in [0.3, 0.4) is 0 Å². The van der Waals surface area contributed by atoms with Crippen LogP contribution in [0.2, 0.25) is 0 Å². The normalized spacial score (nSPS) is 11.7. The molecule has 2 N–H and O–H groups in total. The fraction of sp³-hybridized carbons (Fsp3) is 0.0588. The Morgan fingerprint density at radius 1 is 1.26 bits per heavy atom. The predicted molar refractivity (Wildman–Crippen MR) is 97.4 cm³/mol. The van der Waals surface area contributed by atoms with E-state index < -0.39 is 0 Å². The van der Waals surface area contributed by atoms with Crippen molar-refractivity contribution in [3.05, 3.63) is 58.4 Å². The Labute approximate surface area is 140 Å². The number of nitrogens with one attached hydrogen (secondary N) is 2. The van der Waals surface area contributed by atoms with Crippen molar-refractivity contribution in [3.8, 4) is 0 Å². The van der Waals surface area contributed by atoms with Crippen LogP contribution in [0, 0.1) is 0 Å². The molecule has 3 aromatic heterocycles. The second-order valence-corrected chi connectivity index (χ2v) is 7.19. The number of carbonyl (C=O) groups excluding carboxylic acids is 1. The highest BCUT2D eigenvalue weighted by Gasteiger charge is 2.07. The summed E-state index contributed by atoms with van der Waals surface area (Å²) >= 11 is 3.38. The van der Waals surface area contributed by atoms with Crippen LogP contribution in [-0.4, -0.2) is 17.1 Å². The summed E-state index contributed by atoms with van der Waals surface area (Å²) in [6, 6.07) is 12.1. The topological polar surface area (TPSA) is 57.2 Å².